The number of carbonyl (C=O) groups excluding carboxylic acids is 2. The molecule has 164 valence electrons. The Hall–Kier alpha value is -2.85. The average molecular weight is 470 g/mol. The number of nitrogens with zero attached hydrogens (tertiary/aromatic N) is 2. The number of hydrogen-bond acceptors (Lipinski definition) is 6. The molecule has 1 fully saturated rings. The predicted octanol–water partition coefficient (Wildman–Crippen LogP) is 4.45. The Morgan fingerprint density at radius 1 is 1.26 bits per heavy atom. The fourth-order valence-electron chi connectivity index (χ4n) is 2.69. The minimum absolute atomic E-state index is 0.0163. The van der Waals surface area contributed by atoms with Crippen LogP contribution in [0.5, 0.6) is 11.5 Å². The van der Waals surface area contributed by atoms with Crippen molar-refractivity contribution >= 4 is 51.7 Å². The van der Waals surface area contributed by atoms with Gasteiger partial charge in [-0.25, -0.2) is 4.99 Å². The summed E-state index contributed by atoms with van der Waals surface area (Å²) in [6.45, 7) is 0. The normalized spacial score (nSPS) is 18.1. The molecule has 0 radical (unpaired) electrons. The van der Waals surface area contributed by atoms with Crippen molar-refractivity contribution in [2.24, 2.45) is 4.99 Å². The van der Waals surface area contributed by atoms with E-state index in [9.17, 15) is 18.4 Å². The lowest BCUT2D eigenvalue weighted by Crippen LogP contribution is -2.43. The molecule has 1 heterocycles. The molecule has 1 saturated heterocycles. The smallest absolute Gasteiger partial charge is 0.487 e. The maximum atomic E-state index is 12.7. The van der Waals surface area contributed by atoms with E-state index in [0.29, 0.717) is 22.3 Å². The molecule has 3 rings (SSSR count). The molecular formula is C20H18ClF2N3O4S. The molecule has 1 N–H and O–H groups in total. The lowest BCUT2D eigenvalue weighted by molar-refractivity contribution is -0.128. The number of methoxy groups -OCH3 is 1. The molecule has 0 bridgehead atoms. The highest BCUT2D eigenvalue weighted by atomic mass is 35.5. The molecule has 7 nitrogen and oxygen atoms in total. The molecule has 1 aliphatic heterocycles. The Morgan fingerprint density at radius 3 is 2.58 bits per heavy atom. The highest BCUT2D eigenvalue weighted by molar-refractivity contribution is 8.15. The summed E-state index contributed by atoms with van der Waals surface area (Å²) in [4.78, 5) is 31.0. The summed E-state index contributed by atoms with van der Waals surface area (Å²) in [7, 11) is 3.10. The second-order valence-corrected chi connectivity index (χ2v) is 8.00. The quantitative estimate of drug-likeness (QED) is 0.632. The summed E-state index contributed by atoms with van der Waals surface area (Å²) in [5, 5.41) is 2.29. The Bertz CT molecular complexity index is 999. The van der Waals surface area contributed by atoms with E-state index in [1.807, 2.05) is 0 Å². The third kappa shape index (κ3) is 6.08. The molecule has 2 amide bonds. The Kier molecular flexibility index (Phi) is 7.01. The van der Waals surface area contributed by atoms with Gasteiger partial charge in [0, 0.05) is 30.8 Å². The van der Waals surface area contributed by atoms with Crippen LogP contribution in [0.3, 0.4) is 0 Å². The van der Waals surface area contributed by atoms with E-state index < -0.39 is 16.7 Å². The van der Waals surface area contributed by atoms with Crippen molar-refractivity contribution in [3.63, 3.8) is 0 Å². The monoisotopic (exact) mass is 469 g/mol. The standard InChI is InChI=1S/C20H18ClF2N3O4S/c1-26-17(27)11-16(31-19(26)25-14-5-3-4-6-15(14)29-2)18(28)24-12-7-9-13(10-8-12)30-20(21,22)23/h3-10,16H,11H2,1-2H3,(H,24,28)/t16-/m0/s1. The third-order valence-corrected chi connectivity index (χ3v) is 5.54. The summed E-state index contributed by atoms with van der Waals surface area (Å²) in [6, 6.07) is 12.3. The van der Waals surface area contributed by atoms with Gasteiger partial charge in [0.05, 0.1) is 7.11 Å². The van der Waals surface area contributed by atoms with E-state index in [1.165, 1.54) is 36.3 Å². The van der Waals surface area contributed by atoms with Crippen molar-refractivity contribution in [3.05, 3.63) is 48.5 Å². The van der Waals surface area contributed by atoms with Gasteiger partial charge in [-0.3, -0.25) is 14.5 Å². The SMILES string of the molecule is COc1ccccc1N=C1S[C@H](C(=O)Nc2ccc(OC(F)(F)Cl)cc2)CC(=O)N1C. The maximum Gasteiger partial charge on any atom is 0.487 e. The minimum atomic E-state index is -3.83. The van der Waals surface area contributed by atoms with Crippen LogP contribution in [-0.2, 0) is 9.59 Å². The number of carbonyl (C=O) groups is 2. The highest BCUT2D eigenvalue weighted by Gasteiger charge is 2.34. The van der Waals surface area contributed by atoms with Gasteiger partial charge in [0.2, 0.25) is 11.8 Å². The lowest BCUT2D eigenvalue weighted by atomic mass is 10.2. The van der Waals surface area contributed by atoms with Gasteiger partial charge < -0.3 is 14.8 Å². The van der Waals surface area contributed by atoms with Crippen LogP contribution in [0.2, 0.25) is 0 Å². The van der Waals surface area contributed by atoms with Gasteiger partial charge in [-0.1, -0.05) is 23.9 Å². The number of amidine groups is 1. The molecule has 31 heavy (non-hydrogen) atoms. The molecule has 0 saturated carbocycles. The first-order valence-electron chi connectivity index (χ1n) is 8.98. The van der Waals surface area contributed by atoms with E-state index in [1.54, 1.807) is 31.3 Å². The summed E-state index contributed by atoms with van der Waals surface area (Å²) in [5.41, 5.74) is -2.95. The van der Waals surface area contributed by atoms with Gasteiger partial charge in [0.1, 0.15) is 22.4 Å². The molecule has 2 aromatic rings. The van der Waals surface area contributed by atoms with Crippen molar-refractivity contribution in [2.45, 2.75) is 17.2 Å². The van der Waals surface area contributed by atoms with E-state index in [2.05, 4.69) is 15.0 Å². The van der Waals surface area contributed by atoms with Crippen LogP contribution in [0, 0.1) is 0 Å². The number of thioether (sulfide) groups is 1. The lowest BCUT2D eigenvalue weighted by Gasteiger charge is -2.29. The second-order valence-electron chi connectivity index (χ2n) is 6.39. The number of aliphatic imine (C=N–C) groups is 1. The largest absolute Gasteiger partial charge is 0.494 e. The van der Waals surface area contributed by atoms with Crippen molar-refractivity contribution in [3.8, 4) is 11.5 Å². The highest BCUT2D eigenvalue weighted by Crippen LogP contribution is 2.33. The number of nitrogens with one attached hydrogen (secondary N) is 1. The zero-order valence-electron chi connectivity index (χ0n) is 16.5. The number of ether oxygens (including phenoxy) is 2. The Morgan fingerprint density at radius 2 is 1.94 bits per heavy atom. The van der Waals surface area contributed by atoms with Gasteiger partial charge in [0.25, 0.3) is 0 Å². The van der Waals surface area contributed by atoms with E-state index in [0.717, 1.165) is 11.8 Å². The summed E-state index contributed by atoms with van der Waals surface area (Å²) >= 11 is 5.87. The molecule has 11 heteroatoms. The zero-order chi connectivity index (χ0) is 22.6. The van der Waals surface area contributed by atoms with E-state index in [4.69, 9.17) is 16.3 Å². The van der Waals surface area contributed by atoms with Crippen LogP contribution in [0.15, 0.2) is 53.5 Å². The van der Waals surface area contributed by atoms with Crippen molar-refractivity contribution in [2.75, 3.05) is 19.5 Å². The average Bonchev–Trinajstić information content (AvgIpc) is 2.72. The molecule has 0 spiro atoms. The molecular weight excluding hydrogens is 452 g/mol. The number of para-hydroxylation sites is 2. The van der Waals surface area contributed by atoms with Crippen LogP contribution in [0.4, 0.5) is 20.2 Å². The van der Waals surface area contributed by atoms with Crippen LogP contribution < -0.4 is 14.8 Å². The summed E-state index contributed by atoms with van der Waals surface area (Å²) in [5.74, 6) is -0.308. The number of amides is 2. The number of rotatable bonds is 6. The molecule has 2 aromatic carbocycles. The molecule has 1 aliphatic rings. The first-order valence-corrected chi connectivity index (χ1v) is 10.2. The van der Waals surface area contributed by atoms with E-state index >= 15 is 0 Å². The van der Waals surface area contributed by atoms with Crippen molar-refractivity contribution in [1.82, 2.24) is 4.90 Å². The van der Waals surface area contributed by atoms with Gasteiger partial charge in [-0.05, 0) is 36.4 Å². The van der Waals surface area contributed by atoms with Crippen molar-refractivity contribution < 1.29 is 27.8 Å². The van der Waals surface area contributed by atoms with Crippen LogP contribution in [-0.4, -0.2) is 46.9 Å². The summed E-state index contributed by atoms with van der Waals surface area (Å²) in [6.07, 6.45) is -0.0163. The van der Waals surface area contributed by atoms with Crippen LogP contribution >= 0.6 is 23.4 Å². The zero-order valence-corrected chi connectivity index (χ0v) is 18.0. The molecule has 0 aliphatic carbocycles. The third-order valence-electron chi connectivity index (χ3n) is 4.22. The minimum Gasteiger partial charge on any atom is -0.494 e. The second kappa shape index (κ2) is 9.52. The van der Waals surface area contributed by atoms with Crippen LogP contribution in [0.1, 0.15) is 6.42 Å². The van der Waals surface area contributed by atoms with E-state index in [-0.39, 0.29) is 18.1 Å². The first kappa shape index (κ1) is 22.8. The number of alkyl halides is 3. The predicted molar refractivity (Wildman–Crippen MR) is 115 cm³/mol. The number of anilines is 1. The Balaban J connectivity index is 1.73. The summed E-state index contributed by atoms with van der Waals surface area (Å²) < 4.78 is 34.9. The molecule has 0 aromatic heterocycles. The van der Waals surface area contributed by atoms with Gasteiger partial charge in [0.15, 0.2) is 5.17 Å². The molecule has 0 unspecified atom stereocenters. The fraction of sp³-hybridized carbons (Fsp3) is 0.250. The van der Waals surface area contributed by atoms with Gasteiger partial charge in [-0.15, -0.1) is 8.78 Å². The Labute approximate surface area is 186 Å². The fourth-order valence-corrected chi connectivity index (χ4v) is 3.83. The number of halogens is 3. The van der Waals surface area contributed by atoms with Gasteiger partial charge >= 0.3 is 5.57 Å². The first-order chi connectivity index (χ1) is 14.7. The number of hydrogen-bond donors (Lipinski definition) is 1. The maximum absolute atomic E-state index is 12.7. The molecule has 1 atom stereocenters. The van der Waals surface area contributed by atoms with Crippen molar-refractivity contribution in [1.29, 1.82) is 0 Å². The number of benzene rings is 2. The topological polar surface area (TPSA) is 80.2 Å². The van der Waals surface area contributed by atoms with Crippen LogP contribution in [0.25, 0.3) is 0 Å². The van der Waals surface area contributed by atoms with Gasteiger partial charge in [-0.2, -0.15) is 0 Å².